The largest absolute Gasteiger partial charge is 0.466 e. The molecule has 2 aromatic carbocycles. The molecule has 6 nitrogen and oxygen atoms in total. The number of hydrazone groups is 1. The average Bonchev–Trinajstić information content (AvgIpc) is 3.13. The van der Waals surface area contributed by atoms with Gasteiger partial charge in [0.2, 0.25) is 0 Å². The second-order valence-corrected chi connectivity index (χ2v) is 9.31. The summed E-state index contributed by atoms with van der Waals surface area (Å²) < 4.78 is 5.11. The molecule has 0 bridgehead atoms. The van der Waals surface area contributed by atoms with Gasteiger partial charge in [0, 0.05) is 30.3 Å². The van der Waals surface area contributed by atoms with E-state index in [1.54, 1.807) is 6.92 Å². The normalized spacial score (nSPS) is 20.0. The van der Waals surface area contributed by atoms with Crippen LogP contribution in [0.4, 0.5) is 0 Å². The van der Waals surface area contributed by atoms with E-state index in [0.29, 0.717) is 24.2 Å². The highest BCUT2D eigenvalue weighted by atomic mass is 35.5. The summed E-state index contributed by atoms with van der Waals surface area (Å²) in [6, 6.07) is 13.1. The number of halogens is 1. The van der Waals surface area contributed by atoms with Gasteiger partial charge in [-0.15, -0.1) is 12.4 Å². The Morgan fingerprint density at radius 3 is 2.43 bits per heavy atom. The lowest BCUT2D eigenvalue weighted by molar-refractivity contribution is -0.144. The zero-order chi connectivity index (χ0) is 23.9. The van der Waals surface area contributed by atoms with Crippen LogP contribution in [0.15, 0.2) is 47.6 Å². The van der Waals surface area contributed by atoms with Gasteiger partial charge in [-0.25, -0.2) is 0 Å². The van der Waals surface area contributed by atoms with Crippen molar-refractivity contribution in [1.82, 2.24) is 5.01 Å². The maximum atomic E-state index is 13.2. The quantitative estimate of drug-likeness (QED) is 0.328. The number of nitrogens with two attached hydrogens (primary N) is 1. The fourth-order valence-corrected chi connectivity index (χ4v) is 4.92. The Labute approximate surface area is 214 Å². The minimum atomic E-state index is -0.279. The third-order valence-electron chi connectivity index (χ3n) is 6.92. The van der Waals surface area contributed by atoms with Gasteiger partial charge in [0.1, 0.15) is 0 Å². The zero-order valence-electron chi connectivity index (χ0n) is 20.4. The number of fused-ring (bicyclic) bond motifs is 1. The van der Waals surface area contributed by atoms with E-state index in [2.05, 4.69) is 10.1 Å². The topological polar surface area (TPSA) is 85.0 Å². The average molecular weight is 498 g/mol. The molecule has 1 aliphatic carbocycles. The minimum absolute atomic E-state index is 0. The van der Waals surface area contributed by atoms with Gasteiger partial charge >= 0.3 is 5.97 Å². The van der Waals surface area contributed by atoms with E-state index in [-0.39, 0.29) is 36.1 Å². The first-order chi connectivity index (χ1) is 16.5. The van der Waals surface area contributed by atoms with Gasteiger partial charge in [-0.1, -0.05) is 49.2 Å². The van der Waals surface area contributed by atoms with Crippen molar-refractivity contribution in [3.05, 3.63) is 70.3 Å². The number of aryl methyl sites for hydroxylation is 1. The summed E-state index contributed by atoms with van der Waals surface area (Å²) in [6.07, 6.45) is 8.84. The lowest BCUT2D eigenvalue weighted by atomic mass is 9.77. The summed E-state index contributed by atoms with van der Waals surface area (Å²) in [5.41, 5.74) is 10.9. The third kappa shape index (κ3) is 6.92. The predicted molar refractivity (Wildman–Crippen MR) is 141 cm³/mol. The number of carbonyl (C=O) groups is 2. The van der Waals surface area contributed by atoms with Crippen LogP contribution in [-0.4, -0.2) is 42.7 Å². The summed E-state index contributed by atoms with van der Waals surface area (Å²) in [5.74, 6) is -0.212. The van der Waals surface area contributed by atoms with Crippen LogP contribution < -0.4 is 5.73 Å². The predicted octanol–water partition coefficient (Wildman–Crippen LogP) is 5.06. The molecule has 1 aliphatic heterocycles. The van der Waals surface area contributed by atoms with E-state index >= 15 is 0 Å². The molecule has 0 aromatic heterocycles. The van der Waals surface area contributed by atoms with Crippen molar-refractivity contribution in [1.29, 1.82) is 0 Å². The monoisotopic (exact) mass is 497 g/mol. The van der Waals surface area contributed by atoms with Crippen LogP contribution in [0, 0.1) is 5.92 Å². The summed E-state index contributed by atoms with van der Waals surface area (Å²) in [6.45, 7) is 4.20. The smallest absolute Gasteiger partial charge is 0.306 e. The van der Waals surface area contributed by atoms with E-state index < -0.39 is 0 Å². The Kier molecular flexibility index (Phi) is 9.87. The SMILES string of the molecule is CCOC(=O)CC1CCc2ccc(C(=O)c3ccc(C=NN4CCCCCC4)cc3)cc2C1N.Cl. The first-order valence-corrected chi connectivity index (χ1v) is 12.5. The Morgan fingerprint density at radius 2 is 1.74 bits per heavy atom. The van der Waals surface area contributed by atoms with Gasteiger partial charge in [-0.2, -0.15) is 5.10 Å². The van der Waals surface area contributed by atoms with Gasteiger partial charge in [0.25, 0.3) is 0 Å². The van der Waals surface area contributed by atoms with Crippen LogP contribution in [0.1, 0.15) is 84.1 Å². The maximum absolute atomic E-state index is 13.2. The fourth-order valence-electron chi connectivity index (χ4n) is 4.92. The first-order valence-electron chi connectivity index (χ1n) is 12.5. The molecule has 1 heterocycles. The molecule has 0 amide bonds. The number of ketones is 1. The summed E-state index contributed by atoms with van der Waals surface area (Å²) in [4.78, 5) is 25.1. The van der Waals surface area contributed by atoms with Crippen LogP contribution in [0.3, 0.4) is 0 Å². The zero-order valence-corrected chi connectivity index (χ0v) is 21.3. The van der Waals surface area contributed by atoms with Crippen molar-refractivity contribution in [2.45, 2.75) is 57.9 Å². The van der Waals surface area contributed by atoms with Crippen molar-refractivity contribution < 1.29 is 14.3 Å². The Bertz CT molecular complexity index is 1030. The Balaban J connectivity index is 0.00000342. The molecule has 4 rings (SSSR count). The van der Waals surface area contributed by atoms with E-state index in [9.17, 15) is 9.59 Å². The van der Waals surface area contributed by atoms with Crippen LogP contribution in [0.5, 0.6) is 0 Å². The molecule has 35 heavy (non-hydrogen) atoms. The van der Waals surface area contributed by atoms with Gasteiger partial charge in [-0.3, -0.25) is 14.6 Å². The van der Waals surface area contributed by atoms with Crippen LogP contribution in [0.25, 0.3) is 0 Å². The van der Waals surface area contributed by atoms with Crippen LogP contribution in [-0.2, 0) is 16.0 Å². The molecular formula is C28H36ClN3O3. The standard InChI is InChI=1S/C28H35N3O3.ClH/c1-2-34-26(32)18-23-13-11-21-12-14-24(17-25(21)27(23)29)28(33)22-9-7-20(8-10-22)19-30-31-15-5-3-4-6-16-31;/h7-10,12,14,17,19,23,27H,2-6,11,13,15-16,18,29H2,1H3;1H. The molecule has 2 aromatic rings. The molecule has 2 unspecified atom stereocenters. The van der Waals surface area contributed by atoms with E-state index in [4.69, 9.17) is 10.5 Å². The van der Waals surface area contributed by atoms with Crippen molar-refractivity contribution in [3.63, 3.8) is 0 Å². The van der Waals surface area contributed by atoms with Crippen molar-refractivity contribution >= 4 is 30.4 Å². The molecule has 2 N–H and O–H groups in total. The molecule has 1 saturated heterocycles. The van der Waals surface area contributed by atoms with Crippen LogP contribution in [0.2, 0.25) is 0 Å². The lowest BCUT2D eigenvalue weighted by Gasteiger charge is -2.30. The highest BCUT2D eigenvalue weighted by Gasteiger charge is 2.29. The number of carbonyl (C=O) groups excluding carboxylic acids is 2. The first kappa shape index (κ1) is 26.9. The molecule has 7 heteroatoms. The molecule has 2 atom stereocenters. The Hall–Kier alpha value is -2.70. The van der Waals surface area contributed by atoms with E-state index in [1.165, 1.54) is 25.7 Å². The summed E-state index contributed by atoms with van der Waals surface area (Å²) in [7, 11) is 0. The highest BCUT2D eigenvalue weighted by molar-refractivity contribution is 6.09. The van der Waals surface area contributed by atoms with Crippen molar-refractivity contribution in [3.8, 4) is 0 Å². The Morgan fingerprint density at radius 1 is 1.06 bits per heavy atom. The second kappa shape index (κ2) is 12.8. The van der Waals surface area contributed by atoms with Gasteiger partial charge in [0.05, 0.1) is 19.2 Å². The van der Waals surface area contributed by atoms with Gasteiger partial charge in [0.15, 0.2) is 5.78 Å². The second-order valence-electron chi connectivity index (χ2n) is 9.31. The fraction of sp³-hybridized carbons (Fsp3) is 0.464. The number of rotatable bonds is 7. The summed E-state index contributed by atoms with van der Waals surface area (Å²) >= 11 is 0. The van der Waals surface area contributed by atoms with Crippen molar-refractivity contribution in [2.75, 3.05) is 19.7 Å². The lowest BCUT2D eigenvalue weighted by Crippen LogP contribution is -2.30. The van der Waals surface area contributed by atoms with Gasteiger partial charge in [-0.05, 0) is 61.3 Å². The van der Waals surface area contributed by atoms with Crippen molar-refractivity contribution in [2.24, 2.45) is 16.8 Å². The summed E-state index contributed by atoms with van der Waals surface area (Å²) in [5, 5.41) is 6.75. The number of hydrogen-bond donors (Lipinski definition) is 1. The molecular weight excluding hydrogens is 462 g/mol. The minimum Gasteiger partial charge on any atom is -0.466 e. The molecule has 0 saturated carbocycles. The molecule has 188 valence electrons. The molecule has 0 spiro atoms. The maximum Gasteiger partial charge on any atom is 0.306 e. The number of hydrogen-bond acceptors (Lipinski definition) is 6. The van der Waals surface area contributed by atoms with E-state index in [1.807, 2.05) is 48.7 Å². The van der Waals surface area contributed by atoms with Gasteiger partial charge < -0.3 is 10.5 Å². The van der Waals surface area contributed by atoms with Crippen LogP contribution >= 0.6 is 12.4 Å². The van der Waals surface area contributed by atoms with E-state index in [0.717, 1.165) is 42.6 Å². The third-order valence-corrected chi connectivity index (χ3v) is 6.92. The molecule has 1 fully saturated rings. The number of benzene rings is 2. The number of nitrogens with zero attached hydrogens (tertiary/aromatic N) is 2. The molecule has 0 radical (unpaired) electrons. The number of esters is 1. The molecule has 2 aliphatic rings. The highest BCUT2D eigenvalue weighted by Crippen LogP contribution is 2.35. The number of ether oxygens (including phenoxy) is 1.